The lowest BCUT2D eigenvalue weighted by Gasteiger charge is -2.11. The average Bonchev–Trinajstić information content (AvgIpc) is 3.13. The van der Waals surface area contributed by atoms with Crippen molar-refractivity contribution < 1.29 is 14.1 Å². The first-order chi connectivity index (χ1) is 14.7. The molecule has 1 amide bonds. The Morgan fingerprint density at radius 2 is 1.81 bits per heavy atom. The van der Waals surface area contributed by atoms with Crippen LogP contribution in [0.1, 0.15) is 32.6 Å². The molecule has 1 heterocycles. The van der Waals surface area contributed by atoms with Crippen LogP contribution in [-0.2, 0) is 0 Å². The maximum absolute atomic E-state index is 12.8. The number of aromatic nitrogens is 1. The molecule has 7 nitrogen and oxygen atoms in total. The summed E-state index contributed by atoms with van der Waals surface area (Å²) in [5.41, 5.74) is 6.65. The quantitative estimate of drug-likeness (QED) is 0.331. The zero-order chi connectivity index (χ0) is 22.3. The predicted octanol–water partition coefficient (Wildman–Crippen LogP) is 5.89. The molecule has 0 bridgehead atoms. The molecule has 4 rings (SSSR count). The van der Waals surface area contributed by atoms with Crippen molar-refractivity contribution in [2.45, 2.75) is 27.7 Å². The van der Waals surface area contributed by atoms with Crippen LogP contribution in [0.4, 0.5) is 11.4 Å². The molecular formula is C24H21N3O4. The van der Waals surface area contributed by atoms with Gasteiger partial charge < -0.3 is 9.73 Å². The summed E-state index contributed by atoms with van der Waals surface area (Å²) < 4.78 is 6.03. The van der Waals surface area contributed by atoms with Gasteiger partial charge in [0.1, 0.15) is 5.52 Å². The highest BCUT2D eigenvalue weighted by Crippen LogP contribution is 2.32. The van der Waals surface area contributed by atoms with E-state index in [1.165, 1.54) is 18.2 Å². The van der Waals surface area contributed by atoms with Gasteiger partial charge in [-0.15, -0.1) is 0 Å². The second-order valence-electron chi connectivity index (χ2n) is 7.64. The molecule has 0 fully saturated rings. The molecule has 0 saturated carbocycles. The van der Waals surface area contributed by atoms with E-state index in [1.54, 1.807) is 13.0 Å². The van der Waals surface area contributed by atoms with Gasteiger partial charge in [0.25, 0.3) is 11.6 Å². The van der Waals surface area contributed by atoms with Crippen molar-refractivity contribution in [3.8, 4) is 11.5 Å². The summed E-state index contributed by atoms with van der Waals surface area (Å²) in [7, 11) is 0. The normalized spacial score (nSPS) is 11.0. The van der Waals surface area contributed by atoms with E-state index in [0.717, 1.165) is 33.4 Å². The Labute approximate surface area is 178 Å². The van der Waals surface area contributed by atoms with Crippen molar-refractivity contribution >= 4 is 28.4 Å². The van der Waals surface area contributed by atoms with Gasteiger partial charge in [-0.2, -0.15) is 0 Å². The number of hydrogen-bond acceptors (Lipinski definition) is 5. The lowest BCUT2D eigenvalue weighted by atomic mass is 10.1. The number of fused-ring (bicyclic) bond motifs is 1. The Balaban J connectivity index is 1.67. The van der Waals surface area contributed by atoms with Crippen LogP contribution in [0.25, 0.3) is 22.6 Å². The molecule has 0 spiro atoms. The van der Waals surface area contributed by atoms with Crippen molar-refractivity contribution in [3.05, 3.63) is 86.5 Å². The Hall–Kier alpha value is -4.00. The second kappa shape index (κ2) is 7.68. The van der Waals surface area contributed by atoms with Crippen molar-refractivity contribution in [3.63, 3.8) is 0 Å². The fourth-order valence-corrected chi connectivity index (χ4v) is 3.69. The second-order valence-corrected chi connectivity index (χ2v) is 7.64. The average molecular weight is 415 g/mol. The third kappa shape index (κ3) is 3.77. The SMILES string of the molecule is Cc1cc(C)c2oc(-c3cccc(NC(=O)c4ccc([N+](=O)[O-])c(C)c4)c3C)nc2c1. The Kier molecular flexibility index (Phi) is 5.02. The van der Waals surface area contributed by atoms with Crippen molar-refractivity contribution in [1.29, 1.82) is 0 Å². The first-order valence-electron chi connectivity index (χ1n) is 9.79. The molecule has 0 saturated heterocycles. The van der Waals surface area contributed by atoms with Gasteiger partial charge in [-0.1, -0.05) is 12.1 Å². The lowest BCUT2D eigenvalue weighted by molar-refractivity contribution is -0.385. The van der Waals surface area contributed by atoms with Gasteiger partial charge in [0, 0.05) is 28.4 Å². The number of nitro groups is 1. The van der Waals surface area contributed by atoms with Gasteiger partial charge in [0.2, 0.25) is 5.89 Å². The number of nitrogens with zero attached hydrogens (tertiary/aromatic N) is 2. The zero-order valence-electron chi connectivity index (χ0n) is 17.6. The van der Waals surface area contributed by atoms with Crippen LogP contribution >= 0.6 is 0 Å². The summed E-state index contributed by atoms with van der Waals surface area (Å²) in [4.78, 5) is 27.9. The molecule has 0 unspecified atom stereocenters. The maximum atomic E-state index is 12.8. The molecule has 1 N–H and O–H groups in total. The molecule has 1 aromatic heterocycles. The van der Waals surface area contributed by atoms with Gasteiger partial charge in [-0.05, 0) is 74.7 Å². The highest BCUT2D eigenvalue weighted by Gasteiger charge is 2.17. The van der Waals surface area contributed by atoms with Gasteiger partial charge in [0.05, 0.1) is 4.92 Å². The van der Waals surface area contributed by atoms with E-state index in [2.05, 4.69) is 10.3 Å². The van der Waals surface area contributed by atoms with E-state index in [-0.39, 0.29) is 11.6 Å². The molecule has 0 aliphatic carbocycles. The fourth-order valence-electron chi connectivity index (χ4n) is 3.69. The summed E-state index contributed by atoms with van der Waals surface area (Å²) in [6.07, 6.45) is 0. The molecule has 3 aromatic carbocycles. The monoisotopic (exact) mass is 415 g/mol. The van der Waals surface area contributed by atoms with Crippen molar-refractivity contribution in [2.75, 3.05) is 5.32 Å². The number of aryl methyl sites for hydroxylation is 3. The summed E-state index contributed by atoms with van der Waals surface area (Å²) in [6.45, 7) is 7.50. The first kappa shape index (κ1) is 20.3. The van der Waals surface area contributed by atoms with Gasteiger partial charge >= 0.3 is 0 Å². The third-order valence-corrected chi connectivity index (χ3v) is 5.29. The summed E-state index contributed by atoms with van der Waals surface area (Å²) in [6, 6.07) is 13.9. The lowest BCUT2D eigenvalue weighted by Crippen LogP contribution is -2.13. The van der Waals surface area contributed by atoms with E-state index in [9.17, 15) is 14.9 Å². The largest absolute Gasteiger partial charge is 0.436 e. The fraction of sp³-hybridized carbons (Fsp3) is 0.167. The van der Waals surface area contributed by atoms with Crippen molar-refractivity contribution in [2.24, 2.45) is 0 Å². The number of nitro benzene ring substituents is 1. The standard InChI is InChI=1S/C24H21N3O4/c1-13-10-15(3)22-20(11-13)26-24(31-22)18-6-5-7-19(16(18)4)25-23(28)17-8-9-21(27(29)30)14(2)12-17/h5-12H,1-4H3,(H,25,28). The topological polar surface area (TPSA) is 98.3 Å². The third-order valence-electron chi connectivity index (χ3n) is 5.29. The molecule has 31 heavy (non-hydrogen) atoms. The Morgan fingerprint density at radius 1 is 1.03 bits per heavy atom. The van der Waals surface area contributed by atoms with Gasteiger partial charge in [-0.25, -0.2) is 4.98 Å². The number of rotatable bonds is 4. The zero-order valence-corrected chi connectivity index (χ0v) is 17.6. The molecular weight excluding hydrogens is 394 g/mol. The minimum atomic E-state index is -0.464. The number of amides is 1. The molecule has 0 atom stereocenters. The van der Waals surface area contributed by atoms with E-state index in [4.69, 9.17) is 4.42 Å². The highest BCUT2D eigenvalue weighted by atomic mass is 16.6. The molecule has 0 aliphatic heterocycles. The Morgan fingerprint density at radius 3 is 2.52 bits per heavy atom. The van der Waals surface area contributed by atoms with Gasteiger partial charge in [0.15, 0.2) is 5.58 Å². The number of hydrogen-bond donors (Lipinski definition) is 1. The first-order valence-corrected chi connectivity index (χ1v) is 9.79. The van der Waals surface area contributed by atoms with Crippen LogP contribution in [0.2, 0.25) is 0 Å². The summed E-state index contributed by atoms with van der Waals surface area (Å²) in [5, 5.41) is 13.9. The predicted molar refractivity (Wildman–Crippen MR) is 119 cm³/mol. The number of oxazole rings is 1. The summed E-state index contributed by atoms with van der Waals surface area (Å²) >= 11 is 0. The van der Waals surface area contributed by atoms with Crippen LogP contribution in [0, 0.1) is 37.8 Å². The van der Waals surface area contributed by atoms with E-state index in [1.807, 2.05) is 45.0 Å². The van der Waals surface area contributed by atoms with E-state index >= 15 is 0 Å². The van der Waals surface area contributed by atoms with Crippen LogP contribution < -0.4 is 5.32 Å². The number of anilines is 1. The van der Waals surface area contributed by atoms with E-state index in [0.29, 0.717) is 22.7 Å². The Bertz CT molecular complexity index is 1350. The maximum Gasteiger partial charge on any atom is 0.272 e. The van der Waals surface area contributed by atoms with Crippen LogP contribution in [0.5, 0.6) is 0 Å². The minimum Gasteiger partial charge on any atom is -0.436 e. The number of carbonyl (C=O) groups excluding carboxylic acids is 1. The van der Waals surface area contributed by atoms with Crippen LogP contribution in [0.15, 0.2) is 52.9 Å². The smallest absolute Gasteiger partial charge is 0.272 e. The molecule has 0 aliphatic rings. The number of nitrogens with one attached hydrogen (secondary N) is 1. The summed E-state index contributed by atoms with van der Waals surface area (Å²) in [5.74, 6) is 0.144. The molecule has 4 aromatic rings. The number of carbonyl (C=O) groups is 1. The van der Waals surface area contributed by atoms with Crippen LogP contribution in [0.3, 0.4) is 0 Å². The van der Waals surface area contributed by atoms with Crippen molar-refractivity contribution in [1.82, 2.24) is 4.98 Å². The minimum absolute atomic E-state index is 0.0174. The number of benzene rings is 3. The molecule has 156 valence electrons. The molecule has 7 heteroatoms. The molecule has 0 radical (unpaired) electrons. The van der Waals surface area contributed by atoms with E-state index < -0.39 is 4.92 Å². The highest BCUT2D eigenvalue weighted by molar-refractivity contribution is 6.05. The van der Waals surface area contributed by atoms with Crippen LogP contribution in [-0.4, -0.2) is 15.8 Å². The van der Waals surface area contributed by atoms with Gasteiger partial charge in [-0.3, -0.25) is 14.9 Å².